The number of nitrogens with zero attached hydrogens (tertiary/aromatic N) is 3. The second-order valence-corrected chi connectivity index (χ2v) is 6.29. The van der Waals surface area contributed by atoms with E-state index in [1.807, 2.05) is 18.2 Å². The second-order valence-electron chi connectivity index (χ2n) is 5.47. The monoisotopic (exact) mass is 333 g/mol. The lowest BCUT2D eigenvalue weighted by Gasteiger charge is -2.08. The fourth-order valence-electron chi connectivity index (χ4n) is 2.69. The molecule has 1 aliphatic rings. The van der Waals surface area contributed by atoms with Gasteiger partial charge in [-0.3, -0.25) is 0 Å². The standard InChI is InChI=1S/C15H13Cl2N5/c16-10-2-1-3-11(17)9(10)4-8-5-12(8)22-15-13-14(19-6-18-13)20-7-21-15/h1-3,6-8,12H,4-5H2,(H2,18,19,20,21,22). The van der Waals surface area contributed by atoms with E-state index in [0.717, 1.165) is 39.8 Å². The van der Waals surface area contributed by atoms with Crippen LogP contribution in [0.4, 0.5) is 5.82 Å². The Morgan fingerprint density at radius 1 is 1.18 bits per heavy atom. The van der Waals surface area contributed by atoms with Gasteiger partial charge in [0.05, 0.1) is 6.33 Å². The summed E-state index contributed by atoms with van der Waals surface area (Å²) >= 11 is 12.5. The number of imidazole rings is 1. The van der Waals surface area contributed by atoms with Crippen LogP contribution in [-0.2, 0) is 6.42 Å². The number of anilines is 1. The van der Waals surface area contributed by atoms with Gasteiger partial charge >= 0.3 is 0 Å². The Balaban J connectivity index is 1.48. The first-order chi connectivity index (χ1) is 10.7. The molecule has 2 aromatic heterocycles. The quantitative estimate of drug-likeness (QED) is 0.763. The van der Waals surface area contributed by atoms with E-state index in [1.54, 1.807) is 6.33 Å². The van der Waals surface area contributed by atoms with Gasteiger partial charge in [0, 0.05) is 16.1 Å². The van der Waals surface area contributed by atoms with Gasteiger partial charge in [0.1, 0.15) is 11.8 Å². The molecule has 2 atom stereocenters. The van der Waals surface area contributed by atoms with Crippen LogP contribution < -0.4 is 5.32 Å². The Kier molecular flexibility index (Phi) is 3.39. The van der Waals surface area contributed by atoms with Crippen LogP contribution in [0, 0.1) is 5.92 Å². The largest absolute Gasteiger partial charge is 0.365 e. The smallest absolute Gasteiger partial charge is 0.182 e. The minimum absolute atomic E-state index is 0.369. The fourth-order valence-corrected chi connectivity index (χ4v) is 3.24. The Labute approximate surface area is 137 Å². The van der Waals surface area contributed by atoms with Crippen molar-refractivity contribution < 1.29 is 0 Å². The highest BCUT2D eigenvalue weighted by Gasteiger charge is 2.38. The van der Waals surface area contributed by atoms with Crippen LogP contribution in [0.1, 0.15) is 12.0 Å². The molecule has 5 nitrogen and oxygen atoms in total. The number of aromatic nitrogens is 4. The number of hydrogen-bond acceptors (Lipinski definition) is 4. The lowest BCUT2D eigenvalue weighted by molar-refractivity contribution is 0.803. The van der Waals surface area contributed by atoms with E-state index >= 15 is 0 Å². The van der Waals surface area contributed by atoms with Crippen molar-refractivity contribution in [1.82, 2.24) is 19.9 Å². The van der Waals surface area contributed by atoms with Crippen LogP contribution in [0.15, 0.2) is 30.9 Å². The summed E-state index contributed by atoms with van der Waals surface area (Å²) in [5.41, 5.74) is 2.53. The molecule has 0 bridgehead atoms. The van der Waals surface area contributed by atoms with Crippen molar-refractivity contribution >= 4 is 40.2 Å². The molecule has 22 heavy (non-hydrogen) atoms. The van der Waals surface area contributed by atoms with Crippen LogP contribution in [0.25, 0.3) is 11.2 Å². The predicted molar refractivity (Wildman–Crippen MR) is 87.4 cm³/mol. The molecule has 1 saturated carbocycles. The average molecular weight is 334 g/mol. The SMILES string of the molecule is Clc1cccc(Cl)c1CC1CC1Nc1ncnc2nc[nH]c12. The number of fused-ring (bicyclic) bond motifs is 1. The summed E-state index contributed by atoms with van der Waals surface area (Å²) in [6.45, 7) is 0. The van der Waals surface area contributed by atoms with Gasteiger partial charge in [-0.1, -0.05) is 29.3 Å². The molecule has 2 unspecified atom stereocenters. The molecule has 0 saturated heterocycles. The van der Waals surface area contributed by atoms with E-state index < -0.39 is 0 Å². The number of hydrogen-bond donors (Lipinski definition) is 2. The van der Waals surface area contributed by atoms with Crippen molar-refractivity contribution in [3.05, 3.63) is 46.5 Å². The topological polar surface area (TPSA) is 66.5 Å². The van der Waals surface area contributed by atoms with Crippen LogP contribution in [-0.4, -0.2) is 26.0 Å². The normalized spacial score (nSPS) is 20.3. The molecule has 3 aromatic rings. The molecular weight excluding hydrogens is 321 g/mol. The zero-order valence-corrected chi connectivity index (χ0v) is 13.1. The summed E-state index contributed by atoms with van der Waals surface area (Å²) < 4.78 is 0. The maximum atomic E-state index is 6.23. The number of benzene rings is 1. The predicted octanol–water partition coefficient (Wildman–Crippen LogP) is 3.70. The van der Waals surface area contributed by atoms with Gasteiger partial charge in [-0.2, -0.15) is 0 Å². The molecule has 0 spiro atoms. The first kappa shape index (κ1) is 13.8. The molecule has 1 aromatic carbocycles. The molecule has 1 aliphatic carbocycles. The summed E-state index contributed by atoms with van der Waals surface area (Å²) in [5.74, 6) is 1.30. The van der Waals surface area contributed by atoms with Crippen LogP contribution in [0.5, 0.6) is 0 Å². The summed E-state index contributed by atoms with van der Waals surface area (Å²) in [6, 6.07) is 6.00. The lowest BCUT2D eigenvalue weighted by Crippen LogP contribution is -2.08. The minimum atomic E-state index is 0.369. The van der Waals surface area contributed by atoms with Gasteiger partial charge < -0.3 is 10.3 Å². The molecule has 0 radical (unpaired) electrons. The number of halogens is 2. The summed E-state index contributed by atoms with van der Waals surface area (Å²) in [7, 11) is 0. The molecule has 112 valence electrons. The molecule has 0 aliphatic heterocycles. The highest BCUT2D eigenvalue weighted by molar-refractivity contribution is 6.36. The van der Waals surface area contributed by atoms with E-state index in [-0.39, 0.29) is 0 Å². The molecule has 2 heterocycles. The van der Waals surface area contributed by atoms with E-state index in [0.29, 0.717) is 17.6 Å². The summed E-state index contributed by atoms with van der Waals surface area (Å²) in [4.78, 5) is 15.6. The van der Waals surface area contributed by atoms with E-state index in [2.05, 4.69) is 25.3 Å². The molecule has 0 amide bonds. The molecule has 2 N–H and O–H groups in total. The second kappa shape index (κ2) is 5.41. The number of nitrogens with one attached hydrogen (secondary N) is 2. The van der Waals surface area contributed by atoms with Crippen molar-refractivity contribution in [2.24, 2.45) is 5.92 Å². The van der Waals surface area contributed by atoms with Crippen molar-refractivity contribution in [1.29, 1.82) is 0 Å². The van der Waals surface area contributed by atoms with Gasteiger partial charge in [0.15, 0.2) is 11.5 Å². The van der Waals surface area contributed by atoms with Gasteiger partial charge in [0.25, 0.3) is 0 Å². The van der Waals surface area contributed by atoms with Crippen molar-refractivity contribution in [2.45, 2.75) is 18.9 Å². The van der Waals surface area contributed by atoms with E-state index in [1.165, 1.54) is 6.33 Å². The molecular formula is C15H13Cl2N5. The Hall–Kier alpha value is -1.85. The third-order valence-electron chi connectivity index (χ3n) is 4.00. The van der Waals surface area contributed by atoms with E-state index in [9.17, 15) is 0 Å². The van der Waals surface area contributed by atoms with Crippen LogP contribution in [0.2, 0.25) is 10.0 Å². The van der Waals surface area contributed by atoms with Gasteiger partial charge in [-0.05, 0) is 36.5 Å². The highest BCUT2D eigenvalue weighted by atomic mass is 35.5. The van der Waals surface area contributed by atoms with Crippen molar-refractivity contribution in [3.8, 4) is 0 Å². The lowest BCUT2D eigenvalue weighted by atomic mass is 10.1. The molecule has 1 fully saturated rings. The summed E-state index contributed by atoms with van der Waals surface area (Å²) in [6.07, 6.45) is 5.08. The van der Waals surface area contributed by atoms with E-state index in [4.69, 9.17) is 23.2 Å². The Morgan fingerprint density at radius 3 is 2.82 bits per heavy atom. The zero-order valence-electron chi connectivity index (χ0n) is 11.6. The van der Waals surface area contributed by atoms with Gasteiger partial charge in [-0.25, -0.2) is 15.0 Å². The van der Waals surface area contributed by atoms with Crippen molar-refractivity contribution in [3.63, 3.8) is 0 Å². The maximum absolute atomic E-state index is 6.23. The van der Waals surface area contributed by atoms with Gasteiger partial charge in [0.2, 0.25) is 0 Å². The zero-order chi connectivity index (χ0) is 15.1. The van der Waals surface area contributed by atoms with Gasteiger partial charge in [-0.15, -0.1) is 0 Å². The number of rotatable bonds is 4. The third kappa shape index (κ3) is 2.51. The van der Waals surface area contributed by atoms with Crippen molar-refractivity contribution in [2.75, 3.05) is 5.32 Å². The number of aromatic amines is 1. The first-order valence-electron chi connectivity index (χ1n) is 7.06. The Morgan fingerprint density at radius 2 is 2.00 bits per heavy atom. The van der Waals surface area contributed by atoms with Crippen LogP contribution >= 0.6 is 23.2 Å². The number of H-pyrrole nitrogens is 1. The fraction of sp³-hybridized carbons (Fsp3) is 0.267. The third-order valence-corrected chi connectivity index (χ3v) is 4.70. The Bertz CT molecular complexity index is 811. The molecule has 4 rings (SSSR count). The minimum Gasteiger partial charge on any atom is -0.365 e. The highest BCUT2D eigenvalue weighted by Crippen LogP contribution is 2.39. The van der Waals surface area contributed by atoms with Crippen LogP contribution in [0.3, 0.4) is 0 Å². The first-order valence-corrected chi connectivity index (χ1v) is 7.81. The maximum Gasteiger partial charge on any atom is 0.182 e. The molecule has 7 heteroatoms. The summed E-state index contributed by atoms with van der Waals surface area (Å²) in [5, 5.41) is 4.91. The average Bonchev–Trinajstić information content (AvgIpc) is 3.04.